The van der Waals surface area contributed by atoms with Gasteiger partial charge in [0.1, 0.15) is 5.82 Å². The maximum absolute atomic E-state index is 13.9. The van der Waals surface area contributed by atoms with E-state index in [2.05, 4.69) is 15.6 Å². The second-order valence-corrected chi connectivity index (χ2v) is 6.20. The Labute approximate surface area is 136 Å². The molecule has 1 aromatic carbocycles. The molecule has 0 aliphatic heterocycles. The highest BCUT2D eigenvalue weighted by Crippen LogP contribution is 2.24. The van der Waals surface area contributed by atoms with Gasteiger partial charge in [-0.25, -0.2) is 14.2 Å². The molecule has 8 heteroatoms. The number of hydrogen-bond donors (Lipinski definition) is 3. The maximum Gasteiger partial charge on any atom is 0.312 e. The van der Waals surface area contributed by atoms with Crippen molar-refractivity contribution < 1.29 is 14.0 Å². The molecule has 0 saturated carbocycles. The lowest BCUT2D eigenvalue weighted by Crippen LogP contribution is -2.35. The van der Waals surface area contributed by atoms with E-state index in [9.17, 15) is 14.0 Å². The topological polar surface area (TPSA) is 97.1 Å². The van der Waals surface area contributed by atoms with E-state index in [1.165, 1.54) is 29.5 Å². The minimum absolute atomic E-state index is 0.151. The van der Waals surface area contributed by atoms with Gasteiger partial charge in [-0.3, -0.25) is 4.79 Å². The number of thiazole rings is 1. The van der Waals surface area contributed by atoms with E-state index in [0.717, 1.165) is 10.6 Å². The second kappa shape index (κ2) is 7.19. The molecule has 0 spiro atoms. The van der Waals surface area contributed by atoms with E-state index in [4.69, 9.17) is 5.73 Å². The molecule has 0 radical (unpaired) electrons. The van der Waals surface area contributed by atoms with E-state index in [1.54, 1.807) is 6.07 Å². The summed E-state index contributed by atoms with van der Waals surface area (Å²) in [5.74, 6) is -0.902. The third-order valence-corrected chi connectivity index (χ3v) is 4.25. The van der Waals surface area contributed by atoms with Crippen LogP contribution in [0.2, 0.25) is 0 Å². The first-order chi connectivity index (χ1) is 10.9. The molecule has 0 fully saturated rings. The standard InChI is InChI=1S/C15H17FN4O2S/c1-8-9(2)23-15(18-8)20-13(21)7-12(19-14(17)22)10-5-3-4-6-11(10)16/h3-6,12H,7H2,1-2H3,(H3,17,19,22)(H,18,20,21). The van der Waals surface area contributed by atoms with Gasteiger partial charge in [0.2, 0.25) is 5.91 Å². The van der Waals surface area contributed by atoms with E-state index >= 15 is 0 Å². The zero-order chi connectivity index (χ0) is 17.0. The van der Waals surface area contributed by atoms with Gasteiger partial charge in [-0.05, 0) is 19.9 Å². The van der Waals surface area contributed by atoms with E-state index in [-0.39, 0.29) is 17.9 Å². The number of nitrogens with two attached hydrogens (primary N) is 1. The Morgan fingerprint density at radius 3 is 2.61 bits per heavy atom. The molecular weight excluding hydrogens is 319 g/mol. The molecule has 6 nitrogen and oxygen atoms in total. The van der Waals surface area contributed by atoms with Gasteiger partial charge in [0, 0.05) is 10.4 Å². The van der Waals surface area contributed by atoms with Crippen molar-refractivity contribution in [2.24, 2.45) is 5.73 Å². The molecule has 23 heavy (non-hydrogen) atoms. The summed E-state index contributed by atoms with van der Waals surface area (Å²) in [6.07, 6.45) is -0.151. The van der Waals surface area contributed by atoms with Crippen LogP contribution < -0.4 is 16.4 Å². The summed E-state index contributed by atoms with van der Waals surface area (Å²) < 4.78 is 13.9. The van der Waals surface area contributed by atoms with Crippen molar-refractivity contribution in [2.75, 3.05) is 5.32 Å². The Morgan fingerprint density at radius 2 is 2.04 bits per heavy atom. The summed E-state index contributed by atoms with van der Waals surface area (Å²) in [6, 6.07) is 4.24. The Bertz CT molecular complexity index is 713. The third-order valence-electron chi connectivity index (χ3n) is 3.26. The second-order valence-electron chi connectivity index (χ2n) is 5.00. The summed E-state index contributed by atoms with van der Waals surface area (Å²) >= 11 is 1.35. The average Bonchev–Trinajstić information content (AvgIpc) is 2.76. The smallest absolute Gasteiger partial charge is 0.312 e. The number of rotatable bonds is 5. The van der Waals surface area contributed by atoms with Crippen molar-refractivity contribution in [1.82, 2.24) is 10.3 Å². The van der Waals surface area contributed by atoms with Crippen molar-refractivity contribution in [3.8, 4) is 0 Å². The number of carbonyl (C=O) groups excluding carboxylic acids is 2. The van der Waals surface area contributed by atoms with Crippen molar-refractivity contribution in [3.05, 3.63) is 46.2 Å². The lowest BCUT2D eigenvalue weighted by atomic mass is 10.0. The van der Waals surface area contributed by atoms with Crippen LogP contribution in [0.25, 0.3) is 0 Å². The minimum atomic E-state index is -0.851. The Balaban J connectivity index is 2.12. The molecule has 4 N–H and O–H groups in total. The summed E-state index contributed by atoms with van der Waals surface area (Å²) in [5.41, 5.74) is 6.16. The predicted octanol–water partition coefficient (Wildman–Crippen LogP) is 2.64. The summed E-state index contributed by atoms with van der Waals surface area (Å²) in [7, 11) is 0. The Morgan fingerprint density at radius 1 is 1.35 bits per heavy atom. The molecule has 1 aromatic heterocycles. The molecule has 0 aliphatic rings. The molecule has 1 atom stereocenters. The SMILES string of the molecule is Cc1nc(NC(=O)CC(NC(N)=O)c2ccccc2F)sc1C. The van der Waals surface area contributed by atoms with E-state index in [0.29, 0.717) is 5.13 Å². The van der Waals surface area contributed by atoms with Gasteiger partial charge >= 0.3 is 6.03 Å². The Kier molecular flexibility index (Phi) is 5.28. The van der Waals surface area contributed by atoms with Crippen LogP contribution in [-0.4, -0.2) is 16.9 Å². The number of aryl methyl sites for hydroxylation is 2. The summed E-state index contributed by atoms with van der Waals surface area (Å²) in [6.45, 7) is 3.75. The number of hydrogen-bond acceptors (Lipinski definition) is 4. The third kappa shape index (κ3) is 4.49. The van der Waals surface area contributed by atoms with Gasteiger partial charge in [0.25, 0.3) is 0 Å². The highest BCUT2D eigenvalue weighted by Gasteiger charge is 2.21. The number of carbonyl (C=O) groups is 2. The number of nitrogens with one attached hydrogen (secondary N) is 2. The van der Waals surface area contributed by atoms with Crippen molar-refractivity contribution in [1.29, 1.82) is 0 Å². The average molecular weight is 336 g/mol. The quantitative estimate of drug-likeness (QED) is 0.783. The van der Waals surface area contributed by atoms with Crippen molar-refractivity contribution in [2.45, 2.75) is 26.3 Å². The van der Waals surface area contributed by atoms with Crippen molar-refractivity contribution >= 4 is 28.4 Å². The zero-order valence-corrected chi connectivity index (χ0v) is 13.5. The molecule has 122 valence electrons. The number of benzene rings is 1. The number of halogens is 1. The summed E-state index contributed by atoms with van der Waals surface area (Å²) in [5, 5.41) is 5.51. The van der Waals surface area contributed by atoms with Crippen molar-refractivity contribution in [3.63, 3.8) is 0 Å². The van der Waals surface area contributed by atoms with E-state index in [1.807, 2.05) is 13.8 Å². The van der Waals surface area contributed by atoms with Crippen LogP contribution >= 0.6 is 11.3 Å². The molecule has 0 bridgehead atoms. The number of amides is 3. The molecule has 1 unspecified atom stereocenters. The number of aromatic nitrogens is 1. The van der Waals surface area contributed by atoms with Gasteiger partial charge < -0.3 is 16.4 Å². The predicted molar refractivity (Wildman–Crippen MR) is 86.7 cm³/mol. The molecular formula is C15H17FN4O2S. The highest BCUT2D eigenvalue weighted by molar-refractivity contribution is 7.15. The van der Waals surface area contributed by atoms with Crippen LogP contribution in [0.3, 0.4) is 0 Å². The number of anilines is 1. The number of nitrogens with zero attached hydrogens (tertiary/aromatic N) is 1. The fraction of sp³-hybridized carbons (Fsp3) is 0.267. The van der Waals surface area contributed by atoms with Gasteiger partial charge in [0.05, 0.1) is 18.2 Å². The van der Waals surface area contributed by atoms with Crippen LogP contribution in [0.4, 0.5) is 14.3 Å². The first kappa shape index (κ1) is 16.9. The van der Waals surface area contributed by atoms with Gasteiger partial charge in [0.15, 0.2) is 5.13 Å². The molecule has 2 rings (SSSR count). The highest BCUT2D eigenvalue weighted by atomic mass is 32.1. The fourth-order valence-electron chi connectivity index (χ4n) is 2.05. The lowest BCUT2D eigenvalue weighted by molar-refractivity contribution is -0.116. The first-order valence-electron chi connectivity index (χ1n) is 6.91. The summed E-state index contributed by atoms with van der Waals surface area (Å²) in [4.78, 5) is 28.5. The van der Waals surface area contributed by atoms with Crippen LogP contribution in [0.1, 0.15) is 28.6 Å². The number of urea groups is 1. The molecule has 2 aromatic rings. The normalized spacial score (nSPS) is 11.8. The van der Waals surface area contributed by atoms with Crippen LogP contribution in [0.15, 0.2) is 24.3 Å². The minimum Gasteiger partial charge on any atom is -0.352 e. The molecule has 0 aliphatic carbocycles. The van der Waals surface area contributed by atoms with E-state index < -0.39 is 17.9 Å². The van der Waals surface area contributed by atoms with Crippen LogP contribution in [-0.2, 0) is 4.79 Å². The molecule has 3 amide bonds. The monoisotopic (exact) mass is 336 g/mol. The zero-order valence-electron chi connectivity index (χ0n) is 12.7. The lowest BCUT2D eigenvalue weighted by Gasteiger charge is -2.17. The number of primary amides is 1. The Hall–Kier alpha value is -2.48. The maximum atomic E-state index is 13.9. The largest absolute Gasteiger partial charge is 0.352 e. The van der Waals surface area contributed by atoms with Gasteiger partial charge in [-0.1, -0.05) is 18.2 Å². The van der Waals surface area contributed by atoms with Crippen LogP contribution in [0.5, 0.6) is 0 Å². The van der Waals surface area contributed by atoms with Gasteiger partial charge in [-0.2, -0.15) is 0 Å². The fourth-order valence-corrected chi connectivity index (χ4v) is 2.88. The van der Waals surface area contributed by atoms with Crippen LogP contribution in [0, 0.1) is 19.7 Å². The van der Waals surface area contributed by atoms with Gasteiger partial charge in [-0.15, -0.1) is 11.3 Å². The molecule has 0 saturated heterocycles. The molecule has 1 heterocycles. The first-order valence-corrected chi connectivity index (χ1v) is 7.72.